The van der Waals surface area contributed by atoms with Crippen LogP contribution in [-0.2, 0) is 9.59 Å². The first kappa shape index (κ1) is 19.1. The lowest BCUT2D eigenvalue weighted by molar-refractivity contribution is -0.136. The van der Waals surface area contributed by atoms with Gasteiger partial charge in [-0.25, -0.2) is 4.79 Å². The van der Waals surface area contributed by atoms with E-state index in [4.69, 9.17) is 0 Å². The number of nitrogens with one attached hydrogen (secondary N) is 2. The van der Waals surface area contributed by atoms with Crippen molar-refractivity contribution in [1.82, 2.24) is 25.4 Å². The Balaban J connectivity index is 0.00000225. The van der Waals surface area contributed by atoms with E-state index >= 15 is 0 Å². The van der Waals surface area contributed by atoms with Crippen molar-refractivity contribution >= 4 is 30.3 Å². The van der Waals surface area contributed by atoms with Crippen LogP contribution in [0.15, 0.2) is 24.5 Å². The van der Waals surface area contributed by atoms with Crippen LogP contribution in [0.5, 0.6) is 0 Å². The highest BCUT2D eigenvalue weighted by Gasteiger charge is 2.47. The first-order valence-corrected chi connectivity index (χ1v) is 7.94. The molecule has 0 bridgehead atoms. The number of nitrogens with zero attached hydrogens (tertiary/aromatic N) is 3. The fourth-order valence-electron chi connectivity index (χ4n) is 3.06. The van der Waals surface area contributed by atoms with Crippen molar-refractivity contribution in [2.75, 3.05) is 26.2 Å². The molecule has 9 heteroatoms. The summed E-state index contributed by atoms with van der Waals surface area (Å²) in [5.74, 6) is -0.562. The molecule has 3 rings (SSSR count). The average molecular weight is 368 g/mol. The van der Waals surface area contributed by atoms with Crippen molar-refractivity contribution in [3.8, 4) is 0 Å². The van der Waals surface area contributed by atoms with E-state index in [2.05, 4.69) is 15.6 Å². The molecule has 25 heavy (non-hydrogen) atoms. The highest BCUT2D eigenvalue weighted by Crippen LogP contribution is 2.24. The normalized spacial score (nSPS) is 22.4. The van der Waals surface area contributed by atoms with Crippen molar-refractivity contribution < 1.29 is 14.4 Å². The fraction of sp³-hybridized carbons (Fsp3) is 0.500. The highest BCUT2D eigenvalue weighted by atomic mass is 35.5. The number of carbonyl (C=O) groups excluding carboxylic acids is 3. The molecule has 1 atom stereocenters. The Kier molecular flexibility index (Phi) is 5.64. The number of urea groups is 1. The SMILES string of the molecule is CC1(C)C(=O)NC(=O)N1CC(=O)N1CCNCC1c1cccnc1.Cl. The van der Waals surface area contributed by atoms with Crippen LogP contribution in [0.25, 0.3) is 0 Å². The molecule has 2 aliphatic rings. The molecular weight excluding hydrogens is 346 g/mol. The standard InChI is InChI=1S/C16H21N5O3.ClH/c1-16(2)14(23)19-15(24)21(16)10-13(22)20-7-6-18-9-12(20)11-4-3-5-17-8-11;/h3-5,8,12,18H,6-7,9-10H2,1-2H3,(H,19,23,24);1H. The summed E-state index contributed by atoms with van der Waals surface area (Å²) < 4.78 is 0. The quantitative estimate of drug-likeness (QED) is 0.750. The molecule has 1 unspecified atom stereocenters. The number of hydrogen-bond donors (Lipinski definition) is 2. The van der Waals surface area contributed by atoms with Gasteiger partial charge in [-0.05, 0) is 25.5 Å². The summed E-state index contributed by atoms with van der Waals surface area (Å²) in [5.41, 5.74) is -0.0795. The Hall–Kier alpha value is -2.19. The molecule has 2 aliphatic heterocycles. The number of pyridine rings is 1. The number of halogens is 1. The van der Waals surface area contributed by atoms with Gasteiger partial charge in [0, 0.05) is 32.0 Å². The van der Waals surface area contributed by atoms with Crippen LogP contribution in [-0.4, -0.2) is 64.3 Å². The molecule has 1 aromatic rings. The lowest BCUT2D eigenvalue weighted by Gasteiger charge is -2.38. The Morgan fingerprint density at radius 3 is 2.76 bits per heavy atom. The minimum absolute atomic E-state index is 0. The smallest absolute Gasteiger partial charge is 0.325 e. The fourth-order valence-corrected chi connectivity index (χ4v) is 3.06. The second-order valence-corrected chi connectivity index (χ2v) is 6.50. The zero-order chi connectivity index (χ0) is 17.3. The summed E-state index contributed by atoms with van der Waals surface area (Å²) in [6.07, 6.45) is 3.43. The van der Waals surface area contributed by atoms with Gasteiger partial charge in [0.05, 0.1) is 6.04 Å². The van der Waals surface area contributed by atoms with Gasteiger partial charge in [0.1, 0.15) is 12.1 Å². The van der Waals surface area contributed by atoms with Crippen molar-refractivity contribution in [2.45, 2.75) is 25.4 Å². The lowest BCUT2D eigenvalue weighted by Crippen LogP contribution is -2.54. The first-order chi connectivity index (χ1) is 11.4. The zero-order valence-corrected chi connectivity index (χ0v) is 15.0. The predicted octanol–water partition coefficient (Wildman–Crippen LogP) is 0.307. The van der Waals surface area contributed by atoms with Crippen molar-refractivity contribution in [1.29, 1.82) is 0 Å². The van der Waals surface area contributed by atoms with Gasteiger partial charge < -0.3 is 15.1 Å². The van der Waals surface area contributed by atoms with Crippen molar-refractivity contribution in [3.63, 3.8) is 0 Å². The van der Waals surface area contributed by atoms with Gasteiger partial charge in [-0.15, -0.1) is 12.4 Å². The molecule has 0 saturated carbocycles. The summed E-state index contributed by atoms with van der Waals surface area (Å²) in [6, 6.07) is 3.11. The topological polar surface area (TPSA) is 94.6 Å². The van der Waals surface area contributed by atoms with Crippen molar-refractivity contribution in [2.24, 2.45) is 0 Å². The molecular formula is C16H22ClN5O3. The van der Waals surface area contributed by atoms with Gasteiger partial charge >= 0.3 is 6.03 Å². The average Bonchev–Trinajstić information content (AvgIpc) is 2.77. The molecule has 0 radical (unpaired) electrons. The second-order valence-electron chi connectivity index (χ2n) is 6.50. The maximum atomic E-state index is 12.8. The van der Waals surface area contributed by atoms with Crippen LogP contribution in [0.4, 0.5) is 4.79 Å². The van der Waals surface area contributed by atoms with E-state index in [1.165, 1.54) is 4.90 Å². The molecule has 3 heterocycles. The van der Waals surface area contributed by atoms with E-state index < -0.39 is 11.6 Å². The Labute approximate surface area is 152 Å². The summed E-state index contributed by atoms with van der Waals surface area (Å²) in [4.78, 5) is 43.8. The molecule has 2 fully saturated rings. The van der Waals surface area contributed by atoms with Crippen LogP contribution in [0.3, 0.4) is 0 Å². The van der Waals surface area contributed by atoms with E-state index in [1.807, 2.05) is 12.1 Å². The monoisotopic (exact) mass is 367 g/mol. The minimum Gasteiger partial charge on any atom is -0.331 e. The predicted molar refractivity (Wildman–Crippen MR) is 93.1 cm³/mol. The molecule has 0 spiro atoms. The maximum Gasteiger partial charge on any atom is 0.325 e. The van der Waals surface area contributed by atoms with Gasteiger partial charge in [0.2, 0.25) is 5.91 Å². The summed E-state index contributed by atoms with van der Waals surface area (Å²) in [7, 11) is 0. The number of amides is 4. The second kappa shape index (κ2) is 7.37. The zero-order valence-electron chi connectivity index (χ0n) is 14.2. The third kappa shape index (κ3) is 3.59. The molecule has 136 valence electrons. The first-order valence-electron chi connectivity index (χ1n) is 7.94. The molecule has 8 nitrogen and oxygen atoms in total. The van der Waals surface area contributed by atoms with Crippen LogP contribution < -0.4 is 10.6 Å². The van der Waals surface area contributed by atoms with Crippen LogP contribution >= 0.6 is 12.4 Å². The molecule has 0 aliphatic carbocycles. The van der Waals surface area contributed by atoms with E-state index in [0.717, 1.165) is 5.56 Å². The van der Waals surface area contributed by atoms with Crippen LogP contribution in [0.1, 0.15) is 25.5 Å². The summed E-state index contributed by atoms with van der Waals surface area (Å²) in [5, 5.41) is 5.54. The van der Waals surface area contributed by atoms with Gasteiger partial charge in [-0.3, -0.25) is 19.9 Å². The van der Waals surface area contributed by atoms with Gasteiger partial charge in [0.15, 0.2) is 0 Å². The largest absolute Gasteiger partial charge is 0.331 e. The Morgan fingerprint density at radius 2 is 2.16 bits per heavy atom. The Morgan fingerprint density at radius 1 is 1.40 bits per heavy atom. The minimum atomic E-state index is -1.02. The number of carbonyl (C=O) groups is 3. The summed E-state index contributed by atoms with van der Waals surface area (Å²) in [6.45, 7) is 5.01. The van der Waals surface area contributed by atoms with Gasteiger partial charge in [-0.2, -0.15) is 0 Å². The number of hydrogen-bond acceptors (Lipinski definition) is 5. The molecule has 2 saturated heterocycles. The number of aromatic nitrogens is 1. The van der Waals surface area contributed by atoms with Gasteiger partial charge in [0.25, 0.3) is 5.91 Å². The van der Waals surface area contributed by atoms with E-state index in [-0.39, 0.29) is 36.8 Å². The molecule has 1 aromatic heterocycles. The number of rotatable bonds is 3. The summed E-state index contributed by atoms with van der Waals surface area (Å²) >= 11 is 0. The van der Waals surface area contributed by atoms with E-state index in [9.17, 15) is 14.4 Å². The van der Waals surface area contributed by atoms with E-state index in [1.54, 1.807) is 31.1 Å². The van der Waals surface area contributed by atoms with Gasteiger partial charge in [-0.1, -0.05) is 6.07 Å². The number of imide groups is 1. The van der Waals surface area contributed by atoms with E-state index in [0.29, 0.717) is 19.6 Å². The van der Waals surface area contributed by atoms with Crippen LogP contribution in [0, 0.1) is 0 Å². The molecule has 2 N–H and O–H groups in total. The highest BCUT2D eigenvalue weighted by molar-refractivity contribution is 6.07. The molecule has 4 amide bonds. The third-order valence-corrected chi connectivity index (χ3v) is 4.62. The lowest BCUT2D eigenvalue weighted by atomic mass is 10.0. The van der Waals surface area contributed by atoms with Crippen LogP contribution in [0.2, 0.25) is 0 Å². The third-order valence-electron chi connectivity index (χ3n) is 4.62. The maximum absolute atomic E-state index is 12.8. The van der Waals surface area contributed by atoms with Crippen molar-refractivity contribution in [3.05, 3.63) is 30.1 Å². The Bertz CT molecular complexity index is 667. The number of piperazine rings is 1. The molecule has 0 aromatic carbocycles.